The second kappa shape index (κ2) is 9.81. The van der Waals surface area contributed by atoms with Crippen molar-refractivity contribution >= 4 is 11.8 Å². The van der Waals surface area contributed by atoms with E-state index in [0.29, 0.717) is 38.4 Å². The van der Waals surface area contributed by atoms with Gasteiger partial charge in [0, 0.05) is 45.6 Å². The summed E-state index contributed by atoms with van der Waals surface area (Å²) in [5.41, 5.74) is 3.39. The van der Waals surface area contributed by atoms with E-state index in [2.05, 4.69) is 42.2 Å². The van der Waals surface area contributed by atoms with E-state index in [1.165, 1.54) is 0 Å². The molecule has 3 aromatic rings. The Kier molecular flexibility index (Phi) is 6.69. The molecule has 1 aliphatic rings. The fourth-order valence-electron chi connectivity index (χ4n) is 4.38. The highest BCUT2D eigenvalue weighted by Gasteiger charge is 2.33. The summed E-state index contributed by atoms with van der Waals surface area (Å²) in [6, 6.07) is 18.6. The second-order valence-electron chi connectivity index (χ2n) is 8.41. The fourth-order valence-corrected chi connectivity index (χ4v) is 4.38. The van der Waals surface area contributed by atoms with Crippen LogP contribution in [0.15, 0.2) is 67.0 Å². The molecule has 0 saturated carbocycles. The molecule has 166 valence electrons. The number of hydrogen-bond donors (Lipinski definition) is 0. The Hall–Kier alpha value is -3.41. The van der Waals surface area contributed by atoms with Gasteiger partial charge >= 0.3 is 0 Å². The van der Waals surface area contributed by atoms with Gasteiger partial charge in [0.2, 0.25) is 5.91 Å². The average molecular weight is 431 g/mol. The quantitative estimate of drug-likeness (QED) is 0.600. The third-order valence-corrected chi connectivity index (χ3v) is 6.05. The molecule has 32 heavy (non-hydrogen) atoms. The van der Waals surface area contributed by atoms with Crippen LogP contribution in [0.4, 0.5) is 0 Å². The van der Waals surface area contributed by atoms with Crippen LogP contribution in [-0.4, -0.2) is 57.3 Å². The predicted octanol–water partition coefficient (Wildman–Crippen LogP) is 3.64. The lowest BCUT2D eigenvalue weighted by Crippen LogP contribution is -2.38. The standard InChI is InChI=1S/C26H30N4O2/c1-3-13-29-15-16-30(26(32)24-27-12-14-28(24)2)19-23(25(29)31)18-20-8-7-11-22(17-20)21-9-5-4-6-10-21/h4-12,14,17,23H,3,13,15-16,18-19H2,1-2H3. The highest BCUT2D eigenvalue weighted by Crippen LogP contribution is 2.23. The number of nitrogens with zero attached hydrogens (tertiary/aromatic N) is 4. The van der Waals surface area contributed by atoms with Gasteiger partial charge in [0.05, 0.1) is 5.92 Å². The maximum Gasteiger partial charge on any atom is 0.289 e. The summed E-state index contributed by atoms with van der Waals surface area (Å²) >= 11 is 0. The number of aryl methyl sites for hydroxylation is 1. The molecule has 6 nitrogen and oxygen atoms in total. The van der Waals surface area contributed by atoms with Gasteiger partial charge in [-0.2, -0.15) is 0 Å². The molecule has 1 fully saturated rings. The van der Waals surface area contributed by atoms with Crippen molar-refractivity contribution in [2.24, 2.45) is 13.0 Å². The molecule has 0 spiro atoms. The molecule has 0 radical (unpaired) electrons. The molecular formula is C26H30N4O2. The minimum absolute atomic E-state index is 0.119. The number of carbonyl (C=O) groups is 2. The lowest BCUT2D eigenvalue weighted by Gasteiger charge is -2.24. The third kappa shape index (κ3) is 4.74. The summed E-state index contributed by atoms with van der Waals surface area (Å²) in [5.74, 6) is 0.143. The molecule has 1 aromatic heterocycles. The van der Waals surface area contributed by atoms with Crippen LogP contribution in [0.2, 0.25) is 0 Å². The molecule has 0 bridgehead atoms. The zero-order valence-corrected chi connectivity index (χ0v) is 18.8. The molecule has 1 unspecified atom stereocenters. The monoisotopic (exact) mass is 430 g/mol. The molecule has 4 rings (SSSR count). The van der Waals surface area contributed by atoms with Crippen molar-refractivity contribution in [3.63, 3.8) is 0 Å². The molecule has 2 aromatic carbocycles. The minimum Gasteiger partial charge on any atom is -0.341 e. The Morgan fingerprint density at radius 3 is 2.56 bits per heavy atom. The molecule has 2 amide bonds. The van der Waals surface area contributed by atoms with Gasteiger partial charge < -0.3 is 14.4 Å². The molecule has 1 saturated heterocycles. The molecule has 2 heterocycles. The van der Waals surface area contributed by atoms with E-state index in [1.807, 2.05) is 36.2 Å². The number of hydrogen-bond acceptors (Lipinski definition) is 3. The Morgan fingerprint density at radius 1 is 1.06 bits per heavy atom. The predicted molar refractivity (Wildman–Crippen MR) is 125 cm³/mol. The first-order valence-electron chi connectivity index (χ1n) is 11.3. The summed E-state index contributed by atoms with van der Waals surface area (Å²) in [6.07, 6.45) is 4.90. The largest absolute Gasteiger partial charge is 0.341 e. The van der Waals surface area contributed by atoms with Crippen LogP contribution >= 0.6 is 0 Å². The fraction of sp³-hybridized carbons (Fsp3) is 0.346. The van der Waals surface area contributed by atoms with Crippen LogP contribution in [0, 0.1) is 5.92 Å². The normalized spacial score (nSPS) is 16.8. The Labute approximate surface area is 189 Å². The first-order chi connectivity index (χ1) is 15.6. The maximum atomic E-state index is 13.4. The summed E-state index contributed by atoms with van der Waals surface area (Å²) in [4.78, 5) is 34.5. The van der Waals surface area contributed by atoms with E-state index in [-0.39, 0.29) is 17.7 Å². The average Bonchev–Trinajstić information content (AvgIpc) is 3.19. The van der Waals surface area contributed by atoms with Crippen molar-refractivity contribution in [1.82, 2.24) is 19.4 Å². The number of imidazole rings is 1. The summed E-state index contributed by atoms with van der Waals surface area (Å²) in [7, 11) is 1.82. The minimum atomic E-state index is -0.278. The van der Waals surface area contributed by atoms with Gasteiger partial charge in [-0.25, -0.2) is 4.98 Å². The van der Waals surface area contributed by atoms with Gasteiger partial charge in [0.25, 0.3) is 5.91 Å². The van der Waals surface area contributed by atoms with E-state index in [0.717, 1.165) is 23.1 Å². The molecule has 6 heteroatoms. The van der Waals surface area contributed by atoms with Crippen LogP contribution in [0.25, 0.3) is 11.1 Å². The smallest absolute Gasteiger partial charge is 0.289 e. The maximum absolute atomic E-state index is 13.4. The van der Waals surface area contributed by atoms with Crippen LogP contribution in [-0.2, 0) is 18.3 Å². The SMILES string of the molecule is CCCN1CCN(C(=O)c2nccn2C)CC(Cc2cccc(-c3ccccc3)c2)C1=O. The van der Waals surface area contributed by atoms with Crippen molar-refractivity contribution in [2.45, 2.75) is 19.8 Å². The highest BCUT2D eigenvalue weighted by atomic mass is 16.2. The third-order valence-electron chi connectivity index (χ3n) is 6.05. The Morgan fingerprint density at radius 2 is 1.84 bits per heavy atom. The molecule has 0 aliphatic carbocycles. The van der Waals surface area contributed by atoms with Crippen molar-refractivity contribution < 1.29 is 9.59 Å². The van der Waals surface area contributed by atoms with Crippen LogP contribution in [0.1, 0.15) is 29.5 Å². The first-order valence-corrected chi connectivity index (χ1v) is 11.3. The van der Waals surface area contributed by atoms with Crippen molar-refractivity contribution in [2.75, 3.05) is 26.2 Å². The lowest BCUT2D eigenvalue weighted by atomic mass is 9.94. The number of carbonyl (C=O) groups excluding carboxylic acids is 2. The number of aromatic nitrogens is 2. The molecule has 1 aliphatic heterocycles. The van der Waals surface area contributed by atoms with Gasteiger partial charge in [0.15, 0.2) is 5.82 Å². The van der Waals surface area contributed by atoms with Gasteiger partial charge in [-0.1, -0.05) is 61.5 Å². The van der Waals surface area contributed by atoms with Gasteiger partial charge in [-0.05, 0) is 29.5 Å². The molecule has 1 atom stereocenters. The number of rotatable bonds is 6. The molecular weight excluding hydrogens is 400 g/mol. The number of amides is 2. The lowest BCUT2D eigenvalue weighted by molar-refractivity contribution is -0.134. The van der Waals surface area contributed by atoms with Gasteiger partial charge in [-0.15, -0.1) is 0 Å². The van der Waals surface area contributed by atoms with Crippen molar-refractivity contribution in [3.05, 3.63) is 78.4 Å². The topological polar surface area (TPSA) is 58.4 Å². The summed E-state index contributed by atoms with van der Waals surface area (Å²) < 4.78 is 1.73. The zero-order chi connectivity index (χ0) is 22.5. The van der Waals surface area contributed by atoms with Gasteiger partial charge in [0.1, 0.15) is 0 Å². The highest BCUT2D eigenvalue weighted by molar-refractivity contribution is 5.91. The Bertz CT molecular complexity index is 1080. The van der Waals surface area contributed by atoms with Gasteiger partial charge in [-0.3, -0.25) is 9.59 Å². The van der Waals surface area contributed by atoms with E-state index in [9.17, 15) is 9.59 Å². The van der Waals surface area contributed by atoms with Crippen molar-refractivity contribution in [3.8, 4) is 11.1 Å². The summed E-state index contributed by atoms with van der Waals surface area (Å²) in [5, 5.41) is 0. The Balaban J connectivity index is 1.59. The van der Waals surface area contributed by atoms with Crippen LogP contribution < -0.4 is 0 Å². The van der Waals surface area contributed by atoms with E-state index < -0.39 is 0 Å². The van der Waals surface area contributed by atoms with Crippen LogP contribution in [0.3, 0.4) is 0 Å². The number of benzene rings is 2. The van der Waals surface area contributed by atoms with Crippen LogP contribution in [0.5, 0.6) is 0 Å². The van der Waals surface area contributed by atoms with Crippen molar-refractivity contribution in [1.29, 1.82) is 0 Å². The first kappa shape index (κ1) is 21.8. The van der Waals surface area contributed by atoms with E-state index >= 15 is 0 Å². The van der Waals surface area contributed by atoms with E-state index in [1.54, 1.807) is 21.9 Å². The summed E-state index contributed by atoms with van der Waals surface area (Å²) in [6.45, 7) is 4.28. The van der Waals surface area contributed by atoms with E-state index in [4.69, 9.17) is 0 Å². The molecule has 0 N–H and O–H groups in total. The second-order valence-corrected chi connectivity index (χ2v) is 8.41. The zero-order valence-electron chi connectivity index (χ0n) is 18.8.